The van der Waals surface area contributed by atoms with Gasteiger partial charge in [-0.25, -0.2) is 9.37 Å². The van der Waals surface area contributed by atoms with Crippen LogP contribution in [0.1, 0.15) is 25.2 Å². The van der Waals surface area contributed by atoms with Crippen LogP contribution in [0.25, 0.3) is 0 Å². The molecular formula is C6H9FN4. The number of rotatable bonds is 2. The molecule has 0 aliphatic rings. The Morgan fingerprint density at radius 1 is 1.73 bits per heavy atom. The van der Waals surface area contributed by atoms with Gasteiger partial charge in [-0.1, -0.05) is 6.92 Å². The number of nitrogens with zero attached hydrogens (tertiary/aromatic N) is 3. The van der Waals surface area contributed by atoms with Crippen molar-refractivity contribution in [2.75, 3.05) is 5.73 Å². The lowest BCUT2D eigenvalue weighted by atomic mass is 10.2. The summed E-state index contributed by atoms with van der Waals surface area (Å²) in [6.45, 7) is 1.73. The molecule has 1 rings (SSSR count). The van der Waals surface area contributed by atoms with Crippen molar-refractivity contribution < 1.29 is 4.39 Å². The lowest BCUT2D eigenvalue weighted by Gasteiger charge is -2.02. The van der Waals surface area contributed by atoms with Crippen molar-refractivity contribution in [2.24, 2.45) is 0 Å². The molecule has 4 nitrogen and oxygen atoms in total. The highest BCUT2D eigenvalue weighted by Crippen LogP contribution is 2.16. The van der Waals surface area contributed by atoms with Crippen LogP contribution in [0.5, 0.6) is 0 Å². The van der Waals surface area contributed by atoms with Gasteiger partial charge in [0, 0.05) is 0 Å². The molecule has 1 aromatic heterocycles. The van der Waals surface area contributed by atoms with E-state index >= 15 is 0 Å². The molecule has 1 heterocycles. The molecule has 0 saturated heterocycles. The minimum Gasteiger partial charge on any atom is -0.366 e. The molecule has 0 bridgehead atoms. The van der Waals surface area contributed by atoms with Gasteiger partial charge in [-0.2, -0.15) is 5.10 Å². The monoisotopic (exact) mass is 156 g/mol. The minimum absolute atomic E-state index is 0.0126. The van der Waals surface area contributed by atoms with E-state index in [1.807, 2.05) is 0 Å². The number of nitrogen functional groups attached to an aromatic ring is 1. The Bertz CT molecular complexity index is 240. The SMILES string of the molecule is CCC(F)c1cnnc(N)n1. The Labute approximate surface area is 63.7 Å². The van der Waals surface area contributed by atoms with Crippen LogP contribution in [0.2, 0.25) is 0 Å². The van der Waals surface area contributed by atoms with Crippen LogP contribution in [-0.2, 0) is 0 Å². The number of nitrogens with two attached hydrogens (primary N) is 1. The molecule has 2 N–H and O–H groups in total. The summed E-state index contributed by atoms with van der Waals surface area (Å²) in [6, 6.07) is 0. The number of hydrogen-bond donors (Lipinski definition) is 1. The van der Waals surface area contributed by atoms with Crippen molar-refractivity contribution in [3.63, 3.8) is 0 Å². The third-order valence-corrected chi connectivity index (χ3v) is 1.27. The summed E-state index contributed by atoms with van der Waals surface area (Å²) >= 11 is 0. The van der Waals surface area contributed by atoms with Gasteiger partial charge in [0.25, 0.3) is 0 Å². The standard InChI is InChI=1S/C6H9FN4/c1-2-4(7)5-3-9-11-6(8)10-5/h3-4H,2H2,1H3,(H2,8,10,11). The lowest BCUT2D eigenvalue weighted by Crippen LogP contribution is -2.02. The fourth-order valence-electron chi connectivity index (χ4n) is 0.691. The number of halogens is 1. The number of aromatic nitrogens is 3. The number of alkyl halides is 1. The first-order valence-electron chi connectivity index (χ1n) is 3.33. The summed E-state index contributed by atoms with van der Waals surface area (Å²) < 4.78 is 12.9. The van der Waals surface area contributed by atoms with Crippen LogP contribution in [-0.4, -0.2) is 15.2 Å². The average molecular weight is 156 g/mol. The van der Waals surface area contributed by atoms with Gasteiger partial charge in [-0.05, 0) is 6.42 Å². The Balaban J connectivity index is 2.86. The van der Waals surface area contributed by atoms with Gasteiger partial charge in [-0.15, -0.1) is 5.10 Å². The Hall–Kier alpha value is -1.26. The molecule has 60 valence electrons. The van der Waals surface area contributed by atoms with Crippen molar-refractivity contribution in [1.82, 2.24) is 15.2 Å². The molecule has 0 spiro atoms. The molecule has 5 heteroatoms. The van der Waals surface area contributed by atoms with Crippen LogP contribution in [0.15, 0.2) is 6.20 Å². The van der Waals surface area contributed by atoms with Crippen molar-refractivity contribution in [2.45, 2.75) is 19.5 Å². The van der Waals surface area contributed by atoms with E-state index in [0.29, 0.717) is 6.42 Å². The molecule has 0 saturated carbocycles. The normalized spacial score (nSPS) is 12.9. The van der Waals surface area contributed by atoms with E-state index in [1.54, 1.807) is 6.92 Å². The second kappa shape index (κ2) is 3.23. The summed E-state index contributed by atoms with van der Waals surface area (Å²) in [4.78, 5) is 3.67. The molecule has 0 aliphatic heterocycles. The van der Waals surface area contributed by atoms with E-state index in [0.717, 1.165) is 0 Å². The van der Waals surface area contributed by atoms with Crippen molar-refractivity contribution in [1.29, 1.82) is 0 Å². The maximum Gasteiger partial charge on any atom is 0.240 e. The predicted molar refractivity (Wildman–Crippen MR) is 38.4 cm³/mol. The van der Waals surface area contributed by atoms with Gasteiger partial charge in [0.1, 0.15) is 6.17 Å². The summed E-state index contributed by atoms with van der Waals surface area (Å²) in [6.07, 6.45) is 0.565. The van der Waals surface area contributed by atoms with Crippen molar-refractivity contribution >= 4 is 5.95 Å². The molecule has 1 atom stereocenters. The third kappa shape index (κ3) is 1.83. The van der Waals surface area contributed by atoms with Gasteiger partial charge in [0.05, 0.1) is 11.9 Å². The molecule has 0 fully saturated rings. The van der Waals surface area contributed by atoms with Crippen molar-refractivity contribution in [3.8, 4) is 0 Å². The van der Waals surface area contributed by atoms with Crippen LogP contribution >= 0.6 is 0 Å². The molecular weight excluding hydrogens is 147 g/mol. The third-order valence-electron chi connectivity index (χ3n) is 1.27. The average Bonchev–Trinajstić information content (AvgIpc) is 2.03. The number of anilines is 1. The molecule has 1 unspecified atom stereocenters. The topological polar surface area (TPSA) is 64.7 Å². The maximum atomic E-state index is 12.9. The van der Waals surface area contributed by atoms with Gasteiger partial charge in [0.15, 0.2) is 0 Å². The second-order valence-electron chi connectivity index (χ2n) is 2.12. The first-order chi connectivity index (χ1) is 5.24. The fourth-order valence-corrected chi connectivity index (χ4v) is 0.691. The first-order valence-corrected chi connectivity index (χ1v) is 3.33. The molecule has 0 radical (unpaired) electrons. The van der Waals surface area contributed by atoms with Gasteiger partial charge >= 0.3 is 0 Å². The molecule has 0 amide bonds. The highest BCUT2D eigenvalue weighted by atomic mass is 19.1. The van der Waals surface area contributed by atoms with Crippen LogP contribution in [0.3, 0.4) is 0 Å². The van der Waals surface area contributed by atoms with E-state index in [-0.39, 0.29) is 11.6 Å². The zero-order chi connectivity index (χ0) is 8.27. The smallest absolute Gasteiger partial charge is 0.240 e. The van der Waals surface area contributed by atoms with E-state index in [9.17, 15) is 4.39 Å². The molecule has 1 aromatic rings. The Morgan fingerprint density at radius 2 is 2.45 bits per heavy atom. The first kappa shape index (κ1) is 7.84. The molecule has 11 heavy (non-hydrogen) atoms. The van der Waals surface area contributed by atoms with E-state index in [2.05, 4.69) is 15.2 Å². The van der Waals surface area contributed by atoms with Crippen LogP contribution < -0.4 is 5.73 Å². The predicted octanol–water partition coefficient (Wildman–Crippen LogP) is 0.874. The minimum atomic E-state index is -1.09. The van der Waals surface area contributed by atoms with E-state index in [1.165, 1.54) is 6.20 Å². The van der Waals surface area contributed by atoms with E-state index < -0.39 is 6.17 Å². The summed E-state index contributed by atoms with van der Waals surface area (Å²) in [5, 5.41) is 6.88. The van der Waals surface area contributed by atoms with E-state index in [4.69, 9.17) is 5.73 Å². The summed E-state index contributed by atoms with van der Waals surface area (Å²) in [5.41, 5.74) is 5.45. The maximum absolute atomic E-state index is 12.9. The number of hydrogen-bond acceptors (Lipinski definition) is 4. The quantitative estimate of drug-likeness (QED) is 0.690. The second-order valence-corrected chi connectivity index (χ2v) is 2.12. The Morgan fingerprint density at radius 3 is 3.00 bits per heavy atom. The summed E-state index contributed by atoms with van der Waals surface area (Å²) in [5.74, 6) is 0.0126. The highest BCUT2D eigenvalue weighted by Gasteiger charge is 2.08. The fraction of sp³-hybridized carbons (Fsp3) is 0.500. The molecule has 0 aromatic carbocycles. The van der Waals surface area contributed by atoms with Crippen LogP contribution in [0, 0.1) is 0 Å². The molecule has 0 aliphatic carbocycles. The van der Waals surface area contributed by atoms with Crippen molar-refractivity contribution in [3.05, 3.63) is 11.9 Å². The van der Waals surface area contributed by atoms with Gasteiger partial charge < -0.3 is 5.73 Å². The zero-order valence-electron chi connectivity index (χ0n) is 6.16. The Kier molecular flexibility index (Phi) is 2.30. The van der Waals surface area contributed by atoms with Gasteiger partial charge in [-0.3, -0.25) is 0 Å². The van der Waals surface area contributed by atoms with Crippen LogP contribution in [0.4, 0.5) is 10.3 Å². The summed E-state index contributed by atoms with van der Waals surface area (Å²) in [7, 11) is 0. The van der Waals surface area contributed by atoms with Gasteiger partial charge in [0.2, 0.25) is 5.95 Å². The highest BCUT2D eigenvalue weighted by molar-refractivity contribution is 5.14. The largest absolute Gasteiger partial charge is 0.366 e. The zero-order valence-corrected chi connectivity index (χ0v) is 6.16. The lowest BCUT2D eigenvalue weighted by molar-refractivity contribution is 0.325.